The summed E-state index contributed by atoms with van der Waals surface area (Å²) < 4.78 is 0. The second kappa shape index (κ2) is 7.61. The van der Waals surface area contributed by atoms with Crippen LogP contribution in [-0.4, -0.2) is 21.9 Å². The van der Waals surface area contributed by atoms with Gasteiger partial charge in [-0.25, -0.2) is 4.98 Å². The van der Waals surface area contributed by atoms with E-state index in [1.165, 1.54) is 24.3 Å². The van der Waals surface area contributed by atoms with Crippen LogP contribution in [0.3, 0.4) is 0 Å². The molecule has 0 saturated carbocycles. The Hall–Kier alpha value is -3.91. The number of benzene rings is 3. The first-order valence-corrected chi connectivity index (χ1v) is 9.48. The van der Waals surface area contributed by atoms with Gasteiger partial charge in [-0.3, -0.25) is 9.59 Å². The molecule has 0 atom stereocenters. The number of hydrogen-bond acceptors (Lipinski definition) is 6. The molecule has 4 rings (SSSR count). The normalized spacial score (nSPS) is 10.6. The molecule has 0 aliphatic carbocycles. The lowest BCUT2D eigenvalue weighted by Crippen LogP contribution is -2.17. The van der Waals surface area contributed by atoms with Crippen LogP contribution in [-0.2, 0) is 0 Å². The van der Waals surface area contributed by atoms with Gasteiger partial charge in [0.05, 0.1) is 0 Å². The number of carbonyl (C=O) groups excluding carboxylic acids is 2. The van der Waals surface area contributed by atoms with Gasteiger partial charge in [0.25, 0.3) is 11.8 Å². The Morgan fingerprint density at radius 1 is 0.966 bits per heavy atom. The second-order valence-electron chi connectivity index (χ2n) is 6.25. The number of hydrogen-bond donors (Lipinski definition) is 4. The van der Waals surface area contributed by atoms with E-state index in [4.69, 9.17) is 5.73 Å². The molecule has 29 heavy (non-hydrogen) atoms. The van der Waals surface area contributed by atoms with Crippen LogP contribution in [0.2, 0.25) is 0 Å². The first-order chi connectivity index (χ1) is 14.0. The van der Waals surface area contributed by atoms with Gasteiger partial charge in [-0.05, 0) is 47.2 Å². The molecule has 5 N–H and O–H groups in total. The molecule has 1 aromatic heterocycles. The molecule has 0 radical (unpaired) electrons. The van der Waals surface area contributed by atoms with Crippen LogP contribution >= 0.6 is 11.3 Å². The SMILES string of the molecule is NC(=O)c1nc(Nc2ccc3ccccc3c2)sc1NC(=O)c1ccc(O)cc1. The van der Waals surface area contributed by atoms with Crippen LogP contribution in [0.25, 0.3) is 10.8 Å². The minimum absolute atomic E-state index is 0.0228. The fourth-order valence-electron chi connectivity index (χ4n) is 2.80. The van der Waals surface area contributed by atoms with Crippen molar-refractivity contribution >= 4 is 49.7 Å². The zero-order chi connectivity index (χ0) is 20.4. The molecule has 0 unspecified atom stereocenters. The average molecular weight is 404 g/mol. The summed E-state index contributed by atoms with van der Waals surface area (Å²) in [4.78, 5) is 28.4. The highest BCUT2D eigenvalue weighted by Crippen LogP contribution is 2.32. The first kappa shape index (κ1) is 18.5. The van der Waals surface area contributed by atoms with Crippen molar-refractivity contribution in [2.24, 2.45) is 5.73 Å². The summed E-state index contributed by atoms with van der Waals surface area (Å²) >= 11 is 1.11. The molecule has 8 heteroatoms. The molecule has 4 aromatic rings. The van der Waals surface area contributed by atoms with Gasteiger partial charge in [-0.2, -0.15) is 0 Å². The van der Waals surface area contributed by atoms with Gasteiger partial charge in [-0.1, -0.05) is 41.7 Å². The second-order valence-corrected chi connectivity index (χ2v) is 7.25. The third-order valence-electron chi connectivity index (χ3n) is 4.22. The van der Waals surface area contributed by atoms with E-state index in [-0.39, 0.29) is 16.4 Å². The highest BCUT2D eigenvalue weighted by atomic mass is 32.1. The smallest absolute Gasteiger partial charge is 0.270 e. The van der Waals surface area contributed by atoms with Crippen molar-refractivity contribution in [3.05, 3.63) is 78.0 Å². The third kappa shape index (κ3) is 4.02. The Labute approximate surface area is 169 Å². The number of phenolic OH excluding ortho intramolecular Hbond substituents is 1. The number of nitrogens with two attached hydrogens (primary N) is 1. The number of amides is 2. The number of nitrogens with zero attached hydrogens (tertiary/aromatic N) is 1. The number of thiazole rings is 1. The molecule has 0 saturated heterocycles. The number of primary amides is 1. The van der Waals surface area contributed by atoms with Gasteiger partial charge in [-0.15, -0.1) is 0 Å². The molecule has 1 heterocycles. The highest BCUT2D eigenvalue weighted by Gasteiger charge is 2.19. The summed E-state index contributed by atoms with van der Waals surface area (Å²) in [5.41, 5.74) is 6.53. The molecule has 2 amide bonds. The summed E-state index contributed by atoms with van der Waals surface area (Å²) in [6, 6.07) is 19.6. The predicted molar refractivity (Wildman–Crippen MR) is 114 cm³/mol. The van der Waals surface area contributed by atoms with Gasteiger partial charge >= 0.3 is 0 Å². The molecule has 0 fully saturated rings. The highest BCUT2D eigenvalue weighted by molar-refractivity contribution is 7.20. The fraction of sp³-hybridized carbons (Fsp3) is 0. The van der Waals surface area contributed by atoms with E-state index in [1.54, 1.807) is 0 Å². The van der Waals surface area contributed by atoms with Crippen molar-refractivity contribution in [3.63, 3.8) is 0 Å². The van der Waals surface area contributed by atoms with Crippen LogP contribution in [0.1, 0.15) is 20.8 Å². The van der Waals surface area contributed by atoms with Crippen LogP contribution in [0, 0.1) is 0 Å². The number of aromatic hydroxyl groups is 1. The molecule has 144 valence electrons. The van der Waals surface area contributed by atoms with E-state index in [2.05, 4.69) is 15.6 Å². The van der Waals surface area contributed by atoms with Crippen molar-refractivity contribution in [1.29, 1.82) is 0 Å². The van der Waals surface area contributed by atoms with Crippen LogP contribution in [0.5, 0.6) is 5.75 Å². The summed E-state index contributed by atoms with van der Waals surface area (Å²) in [6.07, 6.45) is 0. The number of anilines is 3. The predicted octanol–water partition coefficient (Wildman–Crippen LogP) is 4.10. The topological polar surface area (TPSA) is 117 Å². The van der Waals surface area contributed by atoms with Crippen LogP contribution in [0.15, 0.2) is 66.7 Å². The summed E-state index contributed by atoms with van der Waals surface area (Å²) in [5.74, 6) is -1.12. The number of aromatic nitrogens is 1. The minimum atomic E-state index is -0.742. The van der Waals surface area contributed by atoms with Gasteiger partial charge in [0.2, 0.25) is 0 Å². The Bertz CT molecular complexity index is 1220. The van der Waals surface area contributed by atoms with Gasteiger partial charge in [0.1, 0.15) is 10.8 Å². The number of rotatable bonds is 5. The molecule has 0 aliphatic rings. The zero-order valence-corrected chi connectivity index (χ0v) is 15.9. The van der Waals surface area contributed by atoms with Crippen molar-refractivity contribution < 1.29 is 14.7 Å². The van der Waals surface area contributed by atoms with E-state index in [9.17, 15) is 14.7 Å². The molecule has 7 nitrogen and oxygen atoms in total. The maximum Gasteiger partial charge on any atom is 0.270 e. The van der Waals surface area contributed by atoms with E-state index in [1.807, 2.05) is 42.5 Å². The number of fused-ring (bicyclic) bond motifs is 1. The maximum atomic E-state index is 12.4. The Morgan fingerprint density at radius 2 is 1.69 bits per heavy atom. The van der Waals surface area contributed by atoms with Gasteiger partial charge in [0.15, 0.2) is 10.8 Å². The van der Waals surface area contributed by atoms with Crippen molar-refractivity contribution in [2.75, 3.05) is 10.6 Å². The molecule has 0 spiro atoms. The Kier molecular flexibility index (Phi) is 4.84. The van der Waals surface area contributed by atoms with E-state index in [0.717, 1.165) is 27.8 Å². The quantitative estimate of drug-likeness (QED) is 0.399. The van der Waals surface area contributed by atoms with Gasteiger partial charge < -0.3 is 21.5 Å². The number of nitrogens with one attached hydrogen (secondary N) is 2. The molecule has 3 aromatic carbocycles. The number of phenols is 1. The molecular formula is C21H16N4O3S. The first-order valence-electron chi connectivity index (χ1n) is 8.66. The lowest BCUT2D eigenvalue weighted by molar-refractivity contribution is 0.0997. The van der Waals surface area contributed by atoms with Crippen molar-refractivity contribution in [2.45, 2.75) is 0 Å². The summed E-state index contributed by atoms with van der Waals surface area (Å²) in [7, 11) is 0. The number of carbonyl (C=O) groups is 2. The molecule has 0 aliphatic heterocycles. The van der Waals surface area contributed by atoms with Crippen molar-refractivity contribution in [3.8, 4) is 5.75 Å². The fourth-order valence-corrected chi connectivity index (χ4v) is 3.69. The third-order valence-corrected chi connectivity index (χ3v) is 5.10. The molecule has 0 bridgehead atoms. The lowest BCUT2D eigenvalue weighted by Gasteiger charge is -2.04. The molecular weight excluding hydrogens is 388 g/mol. The van der Waals surface area contributed by atoms with Crippen LogP contribution < -0.4 is 16.4 Å². The minimum Gasteiger partial charge on any atom is -0.508 e. The van der Waals surface area contributed by atoms with Crippen molar-refractivity contribution in [1.82, 2.24) is 4.98 Å². The van der Waals surface area contributed by atoms with E-state index in [0.29, 0.717) is 10.7 Å². The Morgan fingerprint density at radius 3 is 2.41 bits per heavy atom. The zero-order valence-electron chi connectivity index (χ0n) is 15.0. The standard InChI is InChI=1S/C21H16N4O3S/c22-18(27)17-20(25-19(28)13-6-9-16(26)10-7-13)29-21(24-17)23-15-8-5-12-3-1-2-4-14(12)11-15/h1-11,26H,(H2,22,27)(H,23,24)(H,25,28). The van der Waals surface area contributed by atoms with E-state index >= 15 is 0 Å². The van der Waals surface area contributed by atoms with E-state index < -0.39 is 11.8 Å². The largest absolute Gasteiger partial charge is 0.508 e. The monoisotopic (exact) mass is 404 g/mol. The summed E-state index contributed by atoms with van der Waals surface area (Å²) in [6.45, 7) is 0. The maximum absolute atomic E-state index is 12.4. The van der Waals surface area contributed by atoms with Gasteiger partial charge in [0, 0.05) is 11.3 Å². The summed E-state index contributed by atoms with van der Waals surface area (Å²) in [5, 5.41) is 18.0. The Balaban J connectivity index is 1.59. The van der Waals surface area contributed by atoms with Crippen LogP contribution in [0.4, 0.5) is 15.8 Å². The average Bonchev–Trinajstić information content (AvgIpc) is 3.10. The lowest BCUT2D eigenvalue weighted by atomic mass is 10.1.